The quantitative estimate of drug-likeness (QED) is 0.431. The number of carbonyl (C=O) groups excluding carboxylic acids is 1. The number of hydrogen-bond acceptors (Lipinski definition) is 4. The minimum absolute atomic E-state index is 0.274. The summed E-state index contributed by atoms with van der Waals surface area (Å²) >= 11 is 0. The summed E-state index contributed by atoms with van der Waals surface area (Å²) in [7, 11) is 0. The van der Waals surface area contributed by atoms with Gasteiger partial charge in [-0.05, 0) is 66.8 Å². The van der Waals surface area contributed by atoms with Crippen LogP contribution in [0.3, 0.4) is 0 Å². The van der Waals surface area contributed by atoms with Crippen LogP contribution in [0.2, 0.25) is 0 Å². The topological polar surface area (TPSA) is 63.8 Å². The molecule has 0 aliphatic heterocycles. The highest BCUT2D eigenvalue weighted by atomic mass is 16.5. The Hall–Kier alpha value is -3.34. The van der Waals surface area contributed by atoms with Gasteiger partial charge in [0.2, 0.25) is 0 Å². The monoisotopic (exact) mass is 390 g/mol. The largest absolute Gasteiger partial charge is 0.489 e. The third kappa shape index (κ3) is 5.35. The van der Waals surface area contributed by atoms with Crippen molar-refractivity contribution in [1.29, 1.82) is 0 Å². The minimum atomic E-state index is -0.274. The lowest BCUT2D eigenvalue weighted by molar-refractivity contribution is 0.0954. The van der Waals surface area contributed by atoms with E-state index in [1.54, 1.807) is 37.5 Å². The number of nitrogens with zero attached hydrogens (tertiary/aromatic N) is 1. The first-order valence-electron chi connectivity index (χ1n) is 9.65. The molecule has 1 N–H and O–H groups in total. The van der Waals surface area contributed by atoms with Gasteiger partial charge in [0.25, 0.3) is 5.91 Å². The molecule has 1 amide bonds. The number of hydrogen-bond donors (Lipinski definition) is 1. The van der Waals surface area contributed by atoms with Crippen LogP contribution < -0.4 is 10.2 Å². The summed E-state index contributed by atoms with van der Waals surface area (Å²) in [6.07, 6.45) is 1.57. The second-order valence-corrected chi connectivity index (χ2v) is 7.30. The molecule has 0 radical (unpaired) electrons. The van der Waals surface area contributed by atoms with Crippen LogP contribution in [0.25, 0.3) is 0 Å². The van der Waals surface area contributed by atoms with Gasteiger partial charge in [-0.25, -0.2) is 5.43 Å². The van der Waals surface area contributed by atoms with Crippen molar-refractivity contribution in [3.8, 4) is 5.75 Å². The number of carbonyl (C=O) groups is 1. The van der Waals surface area contributed by atoms with Crippen molar-refractivity contribution >= 4 is 11.6 Å². The molecular formula is C24H26N2O3. The Bertz CT molecular complexity index is 987. The second-order valence-electron chi connectivity index (χ2n) is 7.30. The predicted molar refractivity (Wildman–Crippen MR) is 114 cm³/mol. The number of benzene rings is 2. The van der Waals surface area contributed by atoms with Crippen LogP contribution in [-0.2, 0) is 6.61 Å². The molecule has 0 spiro atoms. The van der Waals surface area contributed by atoms with E-state index in [9.17, 15) is 4.79 Å². The minimum Gasteiger partial charge on any atom is -0.489 e. The first-order valence-corrected chi connectivity index (χ1v) is 9.65. The molecule has 0 saturated heterocycles. The molecule has 0 atom stereocenters. The predicted octanol–water partition coefficient (Wildman–Crippen LogP) is 5.44. The van der Waals surface area contributed by atoms with Crippen LogP contribution >= 0.6 is 0 Å². The summed E-state index contributed by atoms with van der Waals surface area (Å²) in [5.74, 6) is 1.64. The van der Waals surface area contributed by atoms with E-state index in [0.29, 0.717) is 29.6 Å². The number of aryl methyl sites for hydroxylation is 1. The molecule has 0 saturated carbocycles. The molecule has 29 heavy (non-hydrogen) atoms. The van der Waals surface area contributed by atoms with Crippen molar-refractivity contribution in [2.24, 2.45) is 5.10 Å². The van der Waals surface area contributed by atoms with Crippen molar-refractivity contribution in [3.05, 3.63) is 88.9 Å². The normalized spacial score (nSPS) is 11.6. The van der Waals surface area contributed by atoms with Crippen molar-refractivity contribution in [3.63, 3.8) is 0 Å². The molecule has 2 aromatic carbocycles. The zero-order chi connectivity index (χ0) is 20.8. The zero-order valence-corrected chi connectivity index (χ0v) is 17.2. The molecule has 3 rings (SSSR count). The van der Waals surface area contributed by atoms with Gasteiger partial charge in [-0.1, -0.05) is 38.1 Å². The van der Waals surface area contributed by atoms with Gasteiger partial charge in [-0.2, -0.15) is 5.10 Å². The molecule has 150 valence electrons. The highest BCUT2D eigenvalue weighted by molar-refractivity contribution is 5.99. The van der Waals surface area contributed by atoms with Crippen LogP contribution in [0.1, 0.15) is 59.5 Å². The third-order valence-corrected chi connectivity index (χ3v) is 4.60. The maximum Gasteiger partial charge on any atom is 0.271 e. The Morgan fingerprint density at radius 3 is 2.55 bits per heavy atom. The standard InChI is InChI=1S/C24H26N2O3/c1-16(2)21-12-7-17(3)14-23(21)29-15-19-8-10-20(11-9-19)24(27)26-25-18(4)22-6-5-13-28-22/h5-14,16H,15H2,1-4H3,(H,26,27)/b25-18+. The van der Waals surface area contributed by atoms with Gasteiger partial charge in [0.05, 0.1) is 6.26 Å². The smallest absolute Gasteiger partial charge is 0.271 e. The molecule has 0 aliphatic carbocycles. The van der Waals surface area contributed by atoms with Crippen molar-refractivity contribution in [2.75, 3.05) is 0 Å². The van der Waals surface area contributed by atoms with Crippen LogP contribution in [0.4, 0.5) is 0 Å². The maximum absolute atomic E-state index is 12.3. The first kappa shape index (κ1) is 20.4. The summed E-state index contributed by atoms with van der Waals surface area (Å²) in [4.78, 5) is 12.3. The van der Waals surface area contributed by atoms with E-state index in [4.69, 9.17) is 9.15 Å². The van der Waals surface area contributed by atoms with Crippen LogP contribution in [0.15, 0.2) is 70.4 Å². The fourth-order valence-corrected chi connectivity index (χ4v) is 2.90. The molecule has 0 fully saturated rings. The summed E-state index contributed by atoms with van der Waals surface area (Å²) in [5.41, 5.74) is 7.04. The number of nitrogens with one attached hydrogen (secondary N) is 1. The average molecular weight is 390 g/mol. The lowest BCUT2D eigenvalue weighted by atomic mass is 10.0. The molecule has 1 aromatic heterocycles. The van der Waals surface area contributed by atoms with Gasteiger partial charge in [0, 0.05) is 5.56 Å². The lowest BCUT2D eigenvalue weighted by Gasteiger charge is -2.15. The van der Waals surface area contributed by atoms with E-state index in [-0.39, 0.29) is 5.91 Å². The van der Waals surface area contributed by atoms with Crippen LogP contribution in [0, 0.1) is 6.92 Å². The number of rotatable bonds is 7. The van der Waals surface area contributed by atoms with Crippen LogP contribution in [-0.4, -0.2) is 11.6 Å². The van der Waals surface area contributed by atoms with E-state index in [1.807, 2.05) is 12.1 Å². The zero-order valence-electron chi connectivity index (χ0n) is 17.2. The van der Waals surface area contributed by atoms with Gasteiger partial charge in [-0.15, -0.1) is 0 Å². The number of furan rings is 1. The van der Waals surface area contributed by atoms with E-state index in [0.717, 1.165) is 11.3 Å². The highest BCUT2D eigenvalue weighted by Gasteiger charge is 2.09. The second kappa shape index (κ2) is 9.24. The third-order valence-electron chi connectivity index (χ3n) is 4.60. The SMILES string of the molecule is C/C(=N\NC(=O)c1ccc(COc2cc(C)ccc2C(C)C)cc1)c1ccco1. The van der Waals surface area contributed by atoms with Crippen molar-refractivity contribution in [2.45, 2.75) is 40.2 Å². The Labute approximate surface area is 171 Å². The fourth-order valence-electron chi connectivity index (χ4n) is 2.90. The van der Waals surface area contributed by atoms with E-state index in [2.05, 4.69) is 49.5 Å². The molecule has 3 aromatic rings. The molecular weight excluding hydrogens is 364 g/mol. The van der Waals surface area contributed by atoms with Gasteiger partial charge in [0.1, 0.15) is 23.8 Å². The fraction of sp³-hybridized carbons (Fsp3) is 0.250. The number of ether oxygens (including phenoxy) is 1. The molecule has 0 unspecified atom stereocenters. The molecule has 1 heterocycles. The molecule has 5 heteroatoms. The van der Waals surface area contributed by atoms with Crippen molar-refractivity contribution < 1.29 is 13.9 Å². The highest BCUT2D eigenvalue weighted by Crippen LogP contribution is 2.28. The Balaban J connectivity index is 1.61. The van der Waals surface area contributed by atoms with E-state index in [1.165, 1.54) is 11.1 Å². The summed E-state index contributed by atoms with van der Waals surface area (Å²) in [5, 5.41) is 4.07. The molecule has 0 bridgehead atoms. The Kier molecular flexibility index (Phi) is 6.50. The maximum atomic E-state index is 12.3. The van der Waals surface area contributed by atoms with Gasteiger partial charge in [0.15, 0.2) is 0 Å². The Morgan fingerprint density at radius 2 is 1.90 bits per heavy atom. The van der Waals surface area contributed by atoms with Crippen molar-refractivity contribution in [1.82, 2.24) is 5.43 Å². The lowest BCUT2D eigenvalue weighted by Crippen LogP contribution is -2.19. The van der Waals surface area contributed by atoms with E-state index >= 15 is 0 Å². The summed E-state index contributed by atoms with van der Waals surface area (Å²) in [6.45, 7) is 8.58. The number of amides is 1. The van der Waals surface area contributed by atoms with Crippen LogP contribution in [0.5, 0.6) is 5.75 Å². The van der Waals surface area contributed by atoms with Gasteiger partial charge in [-0.3, -0.25) is 4.79 Å². The van der Waals surface area contributed by atoms with Gasteiger partial charge >= 0.3 is 0 Å². The van der Waals surface area contributed by atoms with Gasteiger partial charge < -0.3 is 9.15 Å². The average Bonchev–Trinajstić information content (AvgIpc) is 3.25. The summed E-state index contributed by atoms with van der Waals surface area (Å²) < 4.78 is 11.3. The first-order chi connectivity index (χ1) is 13.9. The Morgan fingerprint density at radius 1 is 1.14 bits per heavy atom. The molecule has 5 nitrogen and oxygen atoms in total. The summed E-state index contributed by atoms with van der Waals surface area (Å²) in [6, 6.07) is 17.2. The van der Waals surface area contributed by atoms with E-state index < -0.39 is 0 Å². The molecule has 0 aliphatic rings. The number of hydrazone groups is 1.